The second kappa shape index (κ2) is 4.84. The highest BCUT2D eigenvalue weighted by Crippen LogP contribution is 2.09. The third-order valence-corrected chi connectivity index (χ3v) is 2.37. The monoisotopic (exact) mass is 235 g/mol. The van der Waals surface area contributed by atoms with Crippen LogP contribution in [0.2, 0.25) is 0 Å². The molecule has 6 nitrogen and oxygen atoms in total. The number of benzene rings is 1. The zero-order valence-corrected chi connectivity index (χ0v) is 9.37. The lowest BCUT2D eigenvalue weighted by atomic mass is 10.2. The maximum Gasteiger partial charge on any atom is 0.323 e. The topological polar surface area (TPSA) is 87.0 Å². The first kappa shape index (κ1) is 11.4. The molecule has 1 amide bonds. The average Bonchev–Trinajstić information content (AvgIpc) is 2.68. The molecule has 2 rings (SSSR count). The number of carbonyl (C=O) groups is 1. The number of nitrogens with one attached hydrogen (secondary N) is 3. The Balaban J connectivity index is 2.17. The third kappa shape index (κ3) is 2.54. The van der Waals surface area contributed by atoms with E-state index in [4.69, 9.17) is 4.74 Å². The Morgan fingerprint density at radius 1 is 1.35 bits per heavy atom. The van der Waals surface area contributed by atoms with Gasteiger partial charge in [-0.15, -0.1) is 0 Å². The number of hydrogen-bond acceptors (Lipinski definition) is 3. The fourth-order valence-electron chi connectivity index (χ4n) is 1.54. The molecule has 1 aromatic carbocycles. The summed E-state index contributed by atoms with van der Waals surface area (Å²) in [7, 11) is 1.57. The standard InChI is InChI=1S/C11H13N3O3/c1-17-5-4-12-10(15)7-2-3-8-9(6-7)14-11(16)13-8/h2-3,6H,4-5H2,1H3,(H,12,15)(H2,13,14,16). The summed E-state index contributed by atoms with van der Waals surface area (Å²) in [6.45, 7) is 0.923. The van der Waals surface area contributed by atoms with Crippen molar-refractivity contribution in [1.82, 2.24) is 15.3 Å². The van der Waals surface area contributed by atoms with E-state index in [2.05, 4.69) is 15.3 Å². The molecule has 1 aromatic heterocycles. The van der Waals surface area contributed by atoms with E-state index >= 15 is 0 Å². The first-order valence-electron chi connectivity index (χ1n) is 5.20. The van der Waals surface area contributed by atoms with E-state index in [1.54, 1.807) is 25.3 Å². The highest BCUT2D eigenvalue weighted by molar-refractivity contribution is 5.97. The minimum absolute atomic E-state index is 0.189. The van der Waals surface area contributed by atoms with E-state index in [0.717, 1.165) is 0 Å². The van der Waals surface area contributed by atoms with Crippen molar-refractivity contribution < 1.29 is 9.53 Å². The SMILES string of the molecule is COCCNC(=O)c1ccc2[nH]c(=O)[nH]c2c1. The summed E-state index contributed by atoms with van der Waals surface area (Å²) in [6, 6.07) is 4.99. The predicted octanol–water partition coefficient (Wildman–Crippen LogP) is 0.232. The molecular formula is C11H13N3O3. The molecule has 3 N–H and O–H groups in total. The molecule has 17 heavy (non-hydrogen) atoms. The summed E-state index contributed by atoms with van der Waals surface area (Å²) in [5.74, 6) is -0.189. The molecule has 0 aliphatic heterocycles. The normalized spacial score (nSPS) is 10.6. The summed E-state index contributed by atoms with van der Waals surface area (Å²) in [6.07, 6.45) is 0. The van der Waals surface area contributed by atoms with Crippen LogP contribution in [0.5, 0.6) is 0 Å². The van der Waals surface area contributed by atoms with Crippen molar-refractivity contribution in [2.24, 2.45) is 0 Å². The molecule has 90 valence electrons. The number of imidazole rings is 1. The lowest BCUT2D eigenvalue weighted by molar-refractivity contribution is 0.0937. The molecule has 2 aromatic rings. The second-order valence-corrected chi connectivity index (χ2v) is 3.59. The van der Waals surface area contributed by atoms with Crippen molar-refractivity contribution in [3.05, 3.63) is 34.2 Å². The largest absolute Gasteiger partial charge is 0.383 e. The van der Waals surface area contributed by atoms with Gasteiger partial charge in [-0.2, -0.15) is 0 Å². The Morgan fingerprint density at radius 3 is 2.88 bits per heavy atom. The molecule has 0 fully saturated rings. The van der Waals surface area contributed by atoms with Crippen LogP contribution in [0.3, 0.4) is 0 Å². The van der Waals surface area contributed by atoms with Gasteiger partial charge in [-0.1, -0.05) is 0 Å². The van der Waals surface area contributed by atoms with Crippen molar-refractivity contribution in [2.75, 3.05) is 20.3 Å². The van der Waals surface area contributed by atoms with Crippen molar-refractivity contribution >= 4 is 16.9 Å². The number of rotatable bonds is 4. The molecule has 0 aliphatic rings. The van der Waals surface area contributed by atoms with E-state index in [1.807, 2.05) is 0 Å². The predicted molar refractivity (Wildman–Crippen MR) is 63.1 cm³/mol. The maximum atomic E-state index is 11.7. The number of carbonyl (C=O) groups excluding carboxylic acids is 1. The molecule has 0 bridgehead atoms. The molecule has 0 unspecified atom stereocenters. The number of aromatic nitrogens is 2. The number of hydrogen-bond donors (Lipinski definition) is 3. The summed E-state index contributed by atoms with van der Waals surface area (Å²) < 4.78 is 4.83. The van der Waals surface area contributed by atoms with E-state index in [1.165, 1.54) is 0 Å². The van der Waals surface area contributed by atoms with Crippen molar-refractivity contribution in [1.29, 1.82) is 0 Å². The Hall–Kier alpha value is -2.08. The van der Waals surface area contributed by atoms with Crippen LogP contribution in [0.25, 0.3) is 11.0 Å². The molecular weight excluding hydrogens is 222 g/mol. The smallest absolute Gasteiger partial charge is 0.323 e. The second-order valence-electron chi connectivity index (χ2n) is 3.59. The van der Waals surface area contributed by atoms with Gasteiger partial charge in [0.2, 0.25) is 0 Å². The summed E-state index contributed by atoms with van der Waals surface area (Å²) in [4.78, 5) is 28.0. The highest BCUT2D eigenvalue weighted by atomic mass is 16.5. The van der Waals surface area contributed by atoms with Gasteiger partial charge < -0.3 is 20.0 Å². The molecule has 0 spiro atoms. The van der Waals surface area contributed by atoms with Crippen LogP contribution >= 0.6 is 0 Å². The average molecular weight is 235 g/mol. The summed E-state index contributed by atoms with van der Waals surface area (Å²) >= 11 is 0. The minimum Gasteiger partial charge on any atom is -0.383 e. The van der Waals surface area contributed by atoms with Crippen LogP contribution < -0.4 is 11.0 Å². The fraction of sp³-hybridized carbons (Fsp3) is 0.273. The third-order valence-electron chi connectivity index (χ3n) is 2.37. The summed E-state index contributed by atoms with van der Waals surface area (Å²) in [5, 5.41) is 2.71. The van der Waals surface area contributed by atoms with Gasteiger partial charge in [0.25, 0.3) is 5.91 Å². The van der Waals surface area contributed by atoms with Crippen LogP contribution in [-0.4, -0.2) is 36.1 Å². The maximum absolute atomic E-state index is 11.7. The lowest BCUT2D eigenvalue weighted by Crippen LogP contribution is -2.26. The Morgan fingerprint density at radius 2 is 2.12 bits per heavy atom. The quantitative estimate of drug-likeness (QED) is 0.663. The van der Waals surface area contributed by atoms with Gasteiger partial charge in [0, 0.05) is 19.2 Å². The van der Waals surface area contributed by atoms with Crippen LogP contribution in [-0.2, 0) is 4.74 Å². The Bertz CT molecular complexity index is 585. The molecule has 6 heteroatoms. The van der Waals surface area contributed by atoms with E-state index in [9.17, 15) is 9.59 Å². The lowest BCUT2D eigenvalue weighted by Gasteiger charge is -2.04. The van der Waals surface area contributed by atoms with E-state index in [0.29, 0.717) is 29.7 Å². The van der Waals surface area contributed by atoms with Crippen molar-refractivity contribution in [2.45, 2.75) is 0 Å². The van der Waals surface area contributed by atoms with E-state index < -0.39 is 0 Å². The molecule has 0 aliphatic carbocycles. The minimum atomic E-state index is -0.281. The Kier molecular flexibility index (Phi) is 3.24. The van der Waals surface area contributed by atoms with Crippen LogP contribution in [0.1, 0.15) is 10.4 Å². The van der Waals surface area contributed by atoms with Gasteiger partial charge in [0.15, 0.2) is 0 Å². The van der Waals surface area contributed by atoms with Gasteiger partial charge >= 0.3 is 5.69 Å². The number of methoxy groups -OCH3 is 1. The van der Waals surface area contributed by atoms with Gasteiger partial charge in [-0.25, -0.2) is 4.79 Å². The number of aromatic amines is 2. The van der Waals surface area contributed by atoms with Crippen LogP contribution in [0.4, 0.5) is 0 Å². The molecule has 0 atom stereocenters. The Labute approximate surface area is 97.0 Å². The number of ether oxygens (including phenoxy) is 1. The van der Waals surface area contributed by atoms with Gasteiger partial charge in [-0.3, -0.25) is 4.79 Å². The number of amides is 1. The first-order chi connectivity index (χ1) is 8.20. The van der Waals surface area contributed by atoms with Crippen molar-refractivity contribution in [3.8, 4) is 0 Å². The van der Waals surface area contributed by atoms with E-state index in [-0.39, 0.29) is 11.6 Å². The fourth-order valence-corrected chi connectivity index (χ4v) is 1.54. The van der Waals surface area contributed by atoms with Gasteiger partial charge in [-0.05, 0) is 18.2 Å². The van der Waals surface area contributed by atoms with Gasteiger partial charge in [0.1, 0.15) is 0 Å². The highest BCUT2D eigenvalue weighted by Gasteiger charge is 2.06. The molecule has 0 radical (unpaired) electrons. The number of H-pyrrole nitrogens is 2. The molecule has 0 saturated heterocycles. The molecule has 0 saturated carbocycles. The van der Waals surface area contributed by atoms with Crippen molar-refractivity contribution in [3.63, 3.8) is 0 Å². The first-order valence-corrected chi connectivity index (χ1v) is 5.20. The summed E-state index contributed by atoms with van der Waals surface area (Å²) in [5.41, 5.74) is 1.53. The van der Waals surface area contributed by atoms with Crippen LogP contribution in [0.15, 0.2) is 23.0 Å². The van der Waals surface area contributed by atoms with Gasteiger partial charge in [0.05, 0.1) is 17.6 Å². The zero-order chi connectivity index (χ0) is 12.3. The molecule has 1 heterocycles. The zero-order valence-electron chi connectivity index (χ0n) is 9.37. The number of fused-ring (bicyclic) bond motifs is 1. The van der Waals surface area contributed by atoms with Crippen LogP contribution in [0, 0.1) is 0 Å².